The summed E-state index contributed by atoms with van der Waals surface area (Å²) in [6, 6.07) is 0. The van der Waals surface area contributed by atoms with Gasteiger partial charge >= 0.3 is 0 Å². The van der Waals surface area contributed by atoms with Crippen LogP contribution in [0.3, 0.4) is 0 Å². The summed E-state index contributed by atoms with van der Waals surface area (Å²) < 4.78 is 5.43. The van der Waals surface area contributed by atoms with Gasteiger partial charge < -0.3 is 4.42 Å². The molecule has 0 N–H and O–H groups in total. The highest BCUT2D eigenvalue weighted by Gasteiger charge is 2.25. The first-order chi connectivity index (χ1) is 5.96. The van der Waals surface area contributed by atoms with Crippen LogP contribution in [0.5, 0.6) is 0 Å². The average Bonchev–Trinajstić information content (AvgIpc) is 2.49. The van der Waals surface area contributed by atoms with E-state index in [1.54, 1.807) is 18.2 Å². The zero-order valence-corrected chi connectivity index (χ0v) is 9.73. The fourth-order valence-corrected chi connectivity index (χ4v) is 1.61. The van der Waals surface area contributed by atoms with E-state index in [4.69, 9.17) is 4.42 Å². The highest BCUT2D eigenvalue weighted by molar-refractivity contribution is 7.98. The van der Waals surface area contributed by atoms with E-state index in [0.29, 0.717) is 5.25 Å². The maximum atomic E-state index is 5.43. The summed E-state index contributed by atoms with van der Waals surface area (Å²) in [6.07, 6.45) is 3.63. The molecule has 0 bridgehead atoms. The van der Waals surface area contributed by atoms with E-state index in [2.05, 4.69) is 38.9 Å². The summed E-state index contributed by atoms with van der Waals surface area (Å²) in [5.41, 5.74) is 1.13. The Morgan fingerprint density at radius 2 is 2.08 bits per heavy atom. The van der Waals surface area contributed by atoms with Gasteiger partial charge in [0, 0.05) is 10.7 Å². The topological polar surface area (TPSA) is 26.0 Å². The predicted octanol–water partition coefficient (Wildman–Crippen LogP) is 3.40. The van der Waals surface area contributed by atoms with Crippen LogP contribution in [0.15, 0.2) is 10.8 Å². The van der Waals surface area contributed by atoms with Crippen LogP contribution in [0.25, 0.3) is 0 Å². The largest absolute Gasteiger partial charge is 0.448 e. The van der Waals surface area contributed by atoms with Crippen molar-refractivity contribution in [1.29, 1.82) is 0 Å². The third-order valence-electron chi connectivity index (χ3n) is 2.01. The van der Waals surface area contributed by atoms with Gasteiger partial charge in [0.25, 0.3) is 0 Å². The lowest BCUT2D eigenvalue weighted by molar-refractivity contribution is 0.403. The number of oxazole rings is 1. The fourth-order valence-electron chi connectivity index (χ4n) is 1.22. The lowest BCUT2D eigenvalue weighted by Gasteiger charge is -2.18. The van der Waals surface area contributed by atoms with Crippen molar-refractivity contribution in [2.24, 2.45) is 0 Å². The Morgan fingerprint density at radius 1 is 1.46 bits per heavy atom. The first-order valence-corrected chi connectivity index (χ1v) is 5.72. The molecular formula is C10H17NOS. The zero-order valence-electron chi connectivity index (χ0n) is 8.92. The number of aromatic nitrogens is 1. The molecule has 1 atom stereocenters. The lowest BCUT2D eigenvalue weighted by atomic mass is 9.91. The molecule has 1 aromatic rings. The van der Waals surface area contributed by atoms with E-state index >= 15 is 0 Å². The monoisotopic (exact) mass is 199 g/mol. The van der Waals surface area contributed by atoms with Gasteiger partial charge in [0.05, 0.1) is 5.69 Å². The second kappa shape index (κ2) is 3.74. The predicted molar refractivity (Wildman–Crippen MR) is 57.1 cm³/mol. The molecule has 0 aliphatic heterocycles. The molecule has 0 fully saturated rings. The fraction of sp³-hybridized carbons (Fsp3) is 0.700. The molecule has 1 rings (SSSR count). The highest BCUT2D eigenvalue weighted by atomic mass is 32.2. The van der Waals surface area contributed by atoms with Gasteiger partial charge in [0.1, 0.15) is 5.76 Å². The molecule has 0 saturated carbocycles. The maximum Gasteiger partial charge on any atom is 0.181 e. The minimum Gasteiger partial charge on any atom is -0.448 e. The van der Waals surface area contributed by atoms with Crippen LogP contribution in [-0.2, 0) is 5.41 Å². The Hall–Kier alpha value is -0.440. The van der Waals surface area contributed by atoms with Gasteiger partial charge in [-0.1, -0.05) is 20.8 Å². The molecule has 0 aliphatic carbocycles. The summed E-state index contributed by atoms with van der Waals surface area (Å²) in [5.74, 6) is 1.01. The van der Waals surface area contributed by atoms with Gasteiger partial charge in [-0.3, -0.25) is 0 Å². The number of thioether (sulfide) groups is 1. The first kappa shape index (κ1) is 10.6. The number of hydrogen-bond acceptors (Lipinski definition) is 3. The number of rotatable bonds is 2. The van der Waals surface area contributed by atoms with E-state index in [1.807, 2.05) is 0 Å². The normalized spacial score (nSPS) is 14.5. The molecule has 0 amide bonds. The molecule has 0 aliphatic rings. The van der Waals surface area contributed by atoms with Gasteiger partial charge in [0.2, 0.25) is 0 Å². The van der Waals surface area contributed by atoms with Gasteiger partial charge in [-0.05, 0) is 13.2 Å². The minimum absolute atomic E-state index is 0.0514. The standard InChI is InChI=1S/C10H17NOS/c1-7(13-5)8-9(10(2,3)4)12-6-11-8/h6-7H,1-5H3. The molecular weight excluding hydrogens is 182 g/mol. The second-order valence-corrected chi connectivity index (χ2v) is 5.37. The Balaban J connectivity index is 3.03. The van der Waals surface area contributed by atoms with Gasteiger partial charge in [-0.15, -0.1) is 0 Å². The van der Waals surface area contributed by atoms with E-state index in [9.17, 15) is 0 Å². The molecule has 0 saturated heterocycles. The number of hydrogen-bond donors (Lipinski definition) is 0. The summed E-state index contributed by atoms with van der Waals surface area (Å²) in [4.78, 5) is 4.27. The molecule has 1 unspecified atom stereocenters. The molecule has 74 valence electrons. The van der Waals surface area contributed by atoms with Crippen molar-refractivity contribution in [3.05, 3.63) is 17.8 Å². The molecule has 0 spiro atoms. The highest BCUT2D eigenvalue weighted by Crippen LogP contribution is 2.33. The Labute approximate surface area is 84.1 Å². The van der Waals surface area contributed by atoms with Crippen molar-refractivity contribution in [2.45, 2.75) is 38.4 Å². The Morgan fingerprint density at radius 3 is 2.54 bits per heavy atom. The molecule has 13 heavy (non-hydrogen) atoms. The first-order valence-electron chi connectivity index (χ1n) is 4.43. The van der Waals surface area contributed by atoms with E-state index in [-0.39, 0.29) is 5.41 Å². The molecule has 2 nitrogen and oxygen atoms in total. The van der Waals surface area contributed by atoms with Crippen molar-refractivity contribution >= 4 is 11.8 Å². The minimum atomic E-state index is 0.0514. The van der Waals surface area contributed by atoms with Crippen molar-refractivity contribution in [3.8, 4) is 0 Å². The summed E-state index contributed by atoms with van der Waals surface area (Å²) in [5, 5.41) is 0.410. The van der Waals surface area contributed by atoms with E-state index < -0.39 is 0 Å². The van der Waals surface area contributed by atoms with Crippen molar-refractivity contribution in [3.63, 3.8) is 0 Å². The SMILES string of the molecule is CSC(C)c1ncoc1C(C)(C)C. The van der Waals surface area contributed by atoms with Crippen LogP contribution in [0, 0.1) is 0 Å². The van der Waals surface area contributed by atoms with E-state index in [1.165, 1.54) is 0 Å². The molecule has 0 radical (unpaired) electrons. The van der Waals surface area contributed by atoms with Crippen LogP contribution in [0.1, 0.15) is 44.4 Å². The van der Waals surface area contributed by atoms with Crippen molar-refractivity contribution in [1.82, 2.24) is 4.98 Å². The molecule has 3 heteroatoms. The summed E-state index contributed by atoms with van der Waals surface area (Å²) >= 11 is 1.79. The third-order valence-corrected chi connectivity index (χ3v) is 2.95. The molecule has 1 heterocycles. The van der Waals surface area contributed by atoms with Crippen LogP contribution in [-0.4, -0.2) is 11.2 Å². The van der Waals surface area contributed by atoms with E-state index in [0.717, 1.165) is 11.5 Å². The smallest absolute Gasteiger partial charge is 0.181 e. The number of nitrogens with zero attached hydrogens (tertiary/aromatic N) is 1. The summed E-state index contributed by atoms with van der Waals surface area (Å²) in [6.45, 7) is 8.58. The quantitative estimate of drug-likeness (QED) is 0.730. The van der Waals surface area contributed by atoms with Crippen LogP contribution >= 0.6 is 11.8 Å². The molecule has 1 aromatic heterocycles. The molecule has 0 aromatic carbocycles. The van der Waals surface area contributed by atoms with Crippen molar-refractivity contribution in [2.75, 3.05) is 6.26 Å². The van der Waals surface area contributed by atoms with Crippen LogP contribution in [0.4, 0.5) is 0 Å². The zero-order chi connectivity index (χ0) is 10.1. The van der Waals surface area contributed by atoms with Gasteiger partial charge in [0.15, 0.2) is 6.39 Å². The van der Waals surface area contributed by atoms with Gasteiger partial charge in [-0.25, -0.2) is 4.98 Å². The average molecular weight is 199 g/mol. The lowest BCUT2D eigenvalue weighted by Crippen LogP contribution is -2.13. The second-order valence-electron chi connectivity index (χ2n) is 4.19. The maximum absolute atomic E-state index is 5.43. The third kappa shape index (κ3) is 2.27. The van der Waals surface area contributed by atoms with Crippen LogP contribution < -0.4 is 0 Å². The van der Waals surface area contributed by atoms with Gasteiger partial charge in [-0.2, -0.15) is 11.8 Å². The Kier molecular flexibility index (Phi) is 3.06. The van der Waals surface area contributed by atoms with Crippen molar-refractivity contribution < 1.29 is 4.42 Å². The Bertz CT molecular complexity index is 275. The summed E-state index contributed by atoms with van der Waals surface area (Å²) in [7, 11) is 0. The van der Waals surface area contributed by atoms with Crippen LogP contribution in [0.2, 0.25) is 0 Å².